The van der Waals surface area contributed by atoms with Crippen LogP contribution in [-0.4, -0.2) is 33.4 Å². The lowest BCUT2D eigenvalue weighted by molar-refractivity contribution is 0.102. The summed E-state index contributed by atoms with van der Waals surface area (Å²) in [6, 6.07) is 12.8. The van der Waals surface area contributed by atoms with E-state index in [1.54, 1.807) is 24.3 Å². The molecular weight excluding hydrogens is 384 g/mol. The van der Waals surface area contributed by atoms with Crippen LogP contribution in [0.5, 0.6) is 0 Å². The molecule has 152 valence electrons. The topological polar surface area (TPSA) is 50.2 Å². The number of anilines is 1. The highest BCUT2D eigenvalue weighted by Crippen LogP contribution is 2.23. The highest BCUT2D eigenvalue weighted by Gasteiger charge is 2.16. The van der Waals surface area contributed by atoms with Gasteiger partial charge in [-0.15, -0.1) is 0 Å². The van der Waals surface area contributed by atoms with Crippen molar-refractivity contribution in [3.05, 3.63) is 58.9 Å². The molecular formula is C23H27ClN4O. The molecule has 1 N–H and O–H groups in total. The first kappa shape index (κ1) is 19.9. The molecule has 0 spiro atoms. The molecule has 29 heavy (non-hydrogen) atoms. The van der Waals surface area contributed by atoms with E-state index in [9.17, 15) is 4.79 Å². The number of aromatic nitrogens is 2. The van der Waals surface area contributed by atoms with Crippen molar-refractivity contribution in [2.45, 2.75) is 45.7 Å². The van der Waals surface area contributed by atoms with Crippen molar-refractivity contribution < 1.29 is 4.79 Å². The molecule has 1 saturated heterocycles. The zero-order chi connectivity index (χ0) is 20.2. The first-order chi connectivity index (χ1) is 14.1. The highest BCUT2D eigenvalue weighted by molar-refractivity contribution is 6.30. The van der Waals surface area contributed by atoms with Crippen LogP contribution in [-0.2, 0) is 13.1 Å². The maximum absolute atomic E-state index is 12.5. The SMILES string of the molecule is CCn1c(CN2CCCCCC2)nc2cc(NC(=O)c3ccc(Cl)cc3)ccc21. The Morgan fingerprint density at radius 1 is 1.07 bits per heavy atom. The van der Waals surface area contributed by atoms with Gasteiger partial charge in [0.05, 0.1) is 17.6 Å². The van der Waals surface area contributed by atoms with Crippen molar-refractivity contribution in [1.29, 1.82) is 0 Å². The molecule has 0 atom stereocenters. The summed E-state index contributed by atoms with van der Waals surface area (Å²) in [4.78, 5) is 19.9. The summed E-state index contributed by atoms with van der Waals surface area (Å²) in [6.45, 7) is 6.22. The van der Waals surface area contributed by atoms with Gasteiger partial charge in [0.25, 0.3) is 5.91 Å². The van der Waals surface area contributed by atoms with Gasteiger partial charge < -0.3 is 9.88 Å². The van der Waals surface area contributed by atoms with Gasteiger partial charge in [-0.1, -0.05) is 24.4 Å². The summed E-state index contributed by atoms with van der Waals surface area (Å²) < 4.78 is 2.28. The number of halogens is 1. The average Bonchev–Trinajstić information content (AvgIpc) is 2.86. The van der Waals surface area contributed by atoms with E-state index < -0.39 is 0 Å². The number of carbonyl (C=O) groups is 1. The fraction of sp³-hybridized carbons (Fsp3) is 0.391. The van der Waals surface area contributed by atoms with Crippen LogP contribution in [0.2, 0.25) is 5.02 Å². The monoisotopic (exact) mass is 410 g/mol. The molecule has 1 amide bonds. The molecule has 2 heterocycles. The van der Waals surface area contributed by atoms with Crippen molar-refractivity contribution in [1.82, 2.24) is 14.5 Å². The van der Waals surface area contributed by atoms with Crippen molar-refractivity contribution in [3.63, 3.8) is 0 Å². The van der Waals surface area contributed by atoms with Gasteiger partial charge in [-0.3, -0.25) is 9.69 Å². The highest BCUT2D eigenvalue weighted by atomic mass is 35.5. The lowest BCUT2D eigenvalue weighted by atomic mass is 10.2. The molecule has 0 aliphatic carbocycles. The lowest BCUT2D eigenvalue weighted by Crippen LogP contribution is -2.25. The second kappa shape index (κ2) is 8.97. The first-order valence-corrected chi connectivity index (χ1v) is 10.8. The van der Waals surface area contributed by atoms with E-state index >= 15 is 0 Å². The smallest absolute Gasteiger partial charge is 0.255 e. The number of imidazole rings is 1. The molecule has 4 rings (SSSR count). The molecule has 1 fully saturated rings. The van der Waals surface area contributed by atoms with Crippen molar-refractivity contribution in [2.24, 2.45) is 0 Å². The maximum Gasteiger partial charge on any atom is 0.255 e. The number of amides is 1. The molecule has 0 unspecified atom stereocenters. The summed E-state index contributed by atoms with van der Waals surface area (Å²) in [5.41, 5.74) is 3.36. The van der Waals surface area contributed by atoms with Crippen LogP contribution in [0, 0.1) is 0 Å². The fourth-order valence-corrected chi connectivity index (χ4v) is 4.16. The normalized spacial score (nSPS) is 15.4. The standard InChI is InChI=1S/C23H27ClN4O/c1-2-28-21-12-11-19(25-23(29)17-7-9-18(24)10-8-17)15-20(21)26-22(28)16-27-13-5-3-4-6-14-27/h7-12,15H,2-6,13-14,16H2,1H3,(H,25,29). The van der Waals surface area contributed by atoms with Gasteiger partial charge in [0, 0.05) is 22.8 Å². The maximum atomic E-state index is 12.5. The third-order valence-corrected chi connectivity index (χ3v) is 5.82. The van der Waals surface area contributed by atoms with E-state index in [1.807, 2.05) is 12.1 Å². The summed E-state index contributed by atoms with van der Waals surface area (Å²) in [5.74, 6) is 0.950. The molecule has 3 aromatic rings. The Morgan fingerprint density at radius 3 is 2.48 bits per heavy atom. The second-order valence-corrected chi connectivity index (χ2v) is 8.06. The third kappa shape index (κ3) is 4.62. The Balaban J connectivity index is 1.55. The minimum absolute atomic E-state index is 0.152. The van der Waals surface area contributed by atoms with Gasteiger partial charge in [0.1, 0.15) is 5.82 Å². The Kier molecular flexibility index (Phi) is 6.16. The van der Waals surface area contributed by atoms with Crippen LogP contribution >= 0.6 is 11.6 Å². The van der Waals surface area contributed by atoms with Gasteiger partial charge in [0.15, 0.2) is 0 Å². The van der Waals surface area contributed by atoms with E-state index in [-0.39, 0.29) is 5.91 Å². The molecule has 1 aliphatic heterocycles. The number of rotatable bonds is 5. The summed E-state index contributed by atoms with van der Waals surface area (Å²) in [7, 11) is 0. The molecule has 1 aromatic heterocycles. The number of carbonyl (C=O) groups excluding carboxylic acids is 1. The molecule has 6 heteroatoms. The van der Waals surface area contributed by atoms with Crippen molar-refractivity contribution in [2.75, 3.05) is 18.4 Å². The largest absolute Gasteiger partial charge is 0.327 e. The molecule has 1 aliphatic rings. The first-order valence-electron chi connectivity index (χ1n) is 10.4. The number of aryl methyl sites for hydroxylation is 1. The Hall–Kier alpha value is -2.37. The number of hydrogen-bond donors (Lipinski definition) is 1. The molecule has 0 saturated carbocycles. The van der Waals surface area contributed by atoms with Gasteiger partial charge in [-0.25, -0.2) is 4.98 Å². The van der Waals surface area contributed by atoms with Gasteiger partial charge in [-0.05, 0) is 75.3 Å². The van der Waals surface area contributed by atoms with E-state index in [0.29, 0.717) is 10.6 Å². The zero-order valence-corrected chi connectivity index (χ0v) is 17.6. The Morgan fingerprint density at radius 2 is 1.79 bits per heavy atom. The number of nitrogens with zero attached hydrogens (tertiary/aromatic N) is 3. The van der Waals surface area contributed by atoms with E-state index in [4.69, 9.17) is 16.6 Å². The van der Waals surface area contributed by atoms with E-state index in [0.717, 1.165) is 48.7 Å². The second-order valence-electron chi connectivity index (χ2n) is 7.63. The summed E-state index contributed by atoms with van der Waals surface area (Å²) >= 11 is 5.91. The van der Waals surface area contributed by atoms with Crippen LogP contribution < -0.4 is 5.32 Å². The van der Waals surface area contributed by atoms with Gasteiger partial charge in [0.2, 0.25) is 0 Å². The van der Waals surface area contributed by atoms with Crippen molar-refractivity contribution in [3.8, 4) is 0 Å². The Labute approximate surface area is 176 Å². The van der Waals surface area contributed by atoms with E-state index in [1.165, 1.54) is 25.7 Å². The van der Waals surface area contributed by atoms with Crippen LogP contribution in [0.25, 0.3) is 11.0 Å². The molecule has 5 nitrogen and oxygen atoms in total. The zero-order valence-electron chi connectivity index (χ0n) is 16.8. The number of nitrogens with one attached hydrogen (secondary N) is 1. The van der Waals surface area contributed by atoms with Crippen LogP contribution in [0.4, 0.5) is 5.69 Å². The third-order valence-electron chi connectivity index (χ3n) is 5.57. The number of likely N-dealkylation sites (tertiary alicyclic amines) is 1. The lowest BCUT2D eigenvalue weighted by Gasteiger charge is -2.19. The van der Waals surface area contributed by atoms with E-state index in [2.05, 4.69) is 27.8 Å². The van der Waals surface area contributed by atoms with Gasteiger partial charge >= 0.3 is 0 Å². The van der Waals surface area contributed by atoms with Crippen LogP contribution in [0.3, 0.4) is 0 Å². The Bertz CT molecular complexity index is 988. The van der Waals surface area contributed by atoms with Crippen molar-refractivity contribution >= 4 is 34.2 Å². The minimum Gasteiger partial charge on any atom is -0.327 e. The molecule has 2 aromatic carbocycles. The quantitative estimate of drug-likeness (QED) is 0.617. The fourth-order valence-electron chi connectivity index (χ4n) is 4.03. The minimum atomic E-state index is -0.152. The molecule has 0 bridgehead atoms. The predicted octanol–water partition coefficient (Wildman–Crippen LogP) is 5.34. The summed E-state index contributed by atoms with van der Waals surface area (Å²) in [6.07, 6.45) is 5.20. The summed E-state index contributed by atoms with van der Waals surface area (Å²) in [5, 5.41) is 3.58. The van der Waals surface area contributed by atoms with Gasteiger partial charge in [-0.2, -0.15) is 0 Å². The number of hydrogen-bond acceptors (Lipinski definition) is 3. The van der Waals surface area contributed by atoms with Crippen LogP contribution in [0.15, 0.2) is 42.5 Å². The average molecular weight is 411 g/mol. The van der Waals surface area contributed by atoms with Crippen LogP contribution in [0.1, 0.15) is 48.8 Å². The molecule has 0 radical (unpaired) electrons. The predicted molar refractivity (Wildman–Crippen MR) is 119 cm³/mol. The number of benzene rings is 2. The number of fused-ring (bicyclic) bond motifs is 1.